The summed E-state index contributed by atoms with van der Waals surface area (Å²) in [6.07, 6.45) is 9.93. The Morgan fingerprint density at radius 1 is 1.29 bits per heavy atom. The smallest absolute Gasteiger partial charge is 0.246 e. The molecule has 3 rings (SSSR count). The minimum absolute atomic E-state index is 0.0163. The zero-order valence-corrected chi connectivity index (χ0v) is 13.9. The molecule has 1 aliphatic heterocycles. The second kappa shape index (κ2) is 7.93. The maximum atomic E-state index is 12.4. The van der Waals surface area contributed by atoms with E-state index in [0.29, 0.717) is 17.4 Å². The van der Waals surface area contributed by atoms with Crippen molar-refractivity contribution >= 4 is 23.6 Å². The molecule has 1 unspecified atom stereocenters. The van der Waals surface area contributed by atoms with Gasteiger partial charge in [-0.1, -0.05) is 23.7 Å². The van der Waals surface area contributed by atoms with Crippen LogP contribution in [0.2, 0.25) is 5.02 Å². The molecule has 0 aliphatic carbocycles. The van der Waals surface area contributed by atoms with Crippen molar-refractivity contribution < 1.29 is 9.53 Å². The van der Waals surface area contributed by atoms with Crippen molar-refractivity contribution in [2.45, 2.75) is 18.9 Å². The lowest BCUT2D eigenvalue weighted by Crippen LogP contribution is -2.43. The van der Waals surface area contributed by atoms with Crippen molar-refractivity contribution in [2.24, 2.45) is 0 Å². The summed E-state index contributed by atoms with van der Waals surface area (Å²) in [5, 5.41) is 0.679. The highest BCUT2D eigenvalue weighted by Gasteiger charge is 2.24. The average Bonchev–Trinajstić information content (AvgIpc) is 2.62. The Kier molecular flexibility index (Phi) is 5.43. The molecule has 1 saturated heterocycles. The molecule has 6 heteroatoms. The first-order valence-electron chi connectivity index (χ1n) is 7.86. The molecule has 1 fully saturated rings. The molecule has 124 valence electrons. The minimum Gasteiger partial charge on any atom is -0.471 e. The van der Waals surface area contributed by atoms with Crippen LogP contribution in [0.1, 0.15) is 18.4 Å². The first-order valence-corrected chi connectivity index (χ1v) is 8.24. The average molecular weight is 344 g/mol. The van der Waals surface area contributed by atoms with Crippen LogP contribution in [0, 0.1) is 0 Å². The number of rotatable bonds is 4. The molecule has 2 aromatic rings. The van der Waals surface area contributed by atoms with Crippen molar-refractivity contribution in [1.82, 2.24) is 14.9 Å². The molecule has 24 heavy (non-hydrogen) atoms. The first-order chi connectivity index (χ1) is 11.7. The van der Waals surface area contributed by atoms with Crippen molar-refractivity contribution in [3.63, 3.8) is 0 Å². The van der Waals surface area contributed by atoms with Crippen LogP contribution >= 0.6 is 11.6 Å². The van der Waals surface area contributed by atoms with Crippen LogP contribution in [0.5, 0.6) is 5.88 Å². The normalized spacial score (nSPS) is 17.9. The van der Waals surface area contributed by atoms with Crippen LogP contribution < -0.4 is 4.74 Å². The van der Waals surface area contributed by atoms with Gasteiger partial charge in [-0.25, -0.2) is 4.98 Å². The van der Waals surface area contributed by atoms with E-state index in [1.54, 1.807) is 47.8 Å². The number of likely N-dealkylation sites (tertiary alicyclic amines) is 1. The standard InChI is InChI=1S/C18H18ClN3O2/c19-15-6-3-14(4-7-15)5-8-18(23)22-11-1-2-16(13-22)24-17-12-20-9-10-21-17/h3-10,12,16H,1-2,11,13H2/b8-5+. The molecule has 0 N–H and O–H groups in total. The van der Waals surface area contributed by atoms with Crippen molar-refractivity contribution in [3.05, 3.63) is 59.5 Å². The summed E-state index contributed by atoms with van der Waals surface area (Å²) in [7, 11) is 0. The van der Waals surface area contributed by atoms with Gasteiger partial charge in [0.25, 0.3) is 0 Å². The zero-order chi connectivity index (χ0) is 16.8. The van der Waals surface area contributed by atoms with Gasteiger partial charge in [0.15, 0.2) is 0 Å². The second-order valence-corrected chi connectivity index (χ2v) is 6.03. The van der Waals surface area contributed by atoms with Crippen LogP contribution in [0.4, 0.5) is 0 Å². The fraction of sp³-hybridized carbons (Fsp3) is 0.278. The monoisotopic (exact) mass is 343 g/mol. The molecule has 1 amide bonds. The van der Waals surface area contributed by atoms with Gasteiger partial charge >= 0.3 is 0 Å². The second-order valence-electron chi connectivity index (χ2n) is 5.59. The summed E-state index contributed by atoms with van der Waals surface area (Å²) in [5.74, 6) is 0.478. The summed E-state index contributed by atoms with van der Waals surface area (Å²) >= 11 is 5.86. The number of amides is 1. The number of benzene rings is 1. The Balaban J connectivity index is 1.57. The van der Waals surface area contributed by atoms with Gasteiger partial charge in [-0.2, -0.15) is 0 Å². The van der Waals surface area contributed by atoms with E-state index >= 15 is 0 Å². The van der Waals surface area contributed by atoms with E-state index in [1.807, 2.05) is 12.1 Å². The quantitative estimate of drug-likeness (QED) is 0.800. The maximum absolute atomic E-state index is 12.4. The van der Waals surface area contributed by atoms with Gasteiger partial charge in [0.05, 0.1) is 12.7 Å². The molecule has 2 heterocycles. The highest BCUT2D eigenvalue weighted by molar-refractivity contribution is 6.30. The maximum Gasteiger partial charge on any atom is 0.246 e. The fourth-order valence-electron chi connectivity index (χ4n) is 2.60. The van der Waals surface area contributed by atoms with E-state index in [1.165, 1.54) is 0 Å². The number of hydrogen-bond donors (Lipinski definition) is 0. The lowest BCUT2D eigenvalue weighted by atomic mass is 10.1. The zero-order valence-electron chi connectivity index (χ0n) is 13.1. The van der Waals surface area contributed by atoms with E-state index in [4.69, 9.17) is 16.3 Å². The van der Waals surface area contributed by atoms with Crippen LogP contribution in [0.15, 0.2) is 48.9 Å². The molecule has 0 bridgehead atoms. The number of carbonyl (C=O) groups excluding carboxylic acids is 1. The van der Waals surface area contributed by atoms with Gasteiger partial charge in [0.2, 0.25) is 11.8 Å². The number of halogens is 1. The predicted molar refractivity (Wildman–Crippen MR) is 92.7 cm³/mol. The van der Waals surface area contributed by atoms with Gasteiger partial charge in [-0.15, -0.1) is 0 Å². The summed E-state index contributed by atoms with van der Waals surface area (Å²) in [6, 6.07) is 7.36. The number of hydrogen-bond acceptors (Lipinski definition) is 4. The molecule has 1 atom stereocenters. The Labute approximate surface area is 145 Å². The van der Waals surface area contributed by atoms with Crippen molar-refractivity contribution in [1.29, 1.82) is 0 Å². The predicted octanol–water partition coefficient (Wildman–Crippen LogP) is 3.21. The molecule has 1 aromatic heterocycles. The number of nitrogens with zero attached hydrogens (tertiary/aromatic N) is 3. The number of ether oxygens (including phenoxy) is 1. The van der Waals surface area contributed by atoms with E-state index < -0.39 is 0 Å². The summed E-state index contributed by atoms with van der Waals surface area (Å²) in [4.78, 5) is 22.3. The van der Waals surface area contributed by atoms with Crippen LogP contribution in [-0.2, 0) is 4.79 Å². The molecular formula is C18H18ClN3O2. The highest BCUT2D eigenvalue weighted by atomic mass is 35.5. The van der Waals surface area contributed by atoms with E-state index in [0.717, 1.165) is 24.9 Å². The molecule has 1 aliphatic rings. The minimum atomic E-state index is -0.0525. The van der Waals surface area contributed by atoms with Gasteiger partial charge in [-0.3, -0.25) is 9.78 Å². The third kappa shape index (κ3) is 4.55. The Bertz CT molecular complexity index is 704. The first kappa shape index (κ1) is 16.5. The molecular weight excluding hydrogens is 326 g/mol. The summed E-state index contributed by atoms with van der Waals surface area (Å²) < 4.78 is 5.81. The van der Waals surface area contributed by atoms with Gasteiger partial charge in [0, 0.05) is 30.0 Å². The van der Waals surface area contributed by atoms with Crippen molar-refractivity contribution in [2.75, 3.05) is 13.1 Å². The SMILES string of the molecule is O=C(/C=C/c1ccc(Cl)cc1)N1CCCC(Oc2cnccn2)C1. The number of carbonyl (C=O) groups is 1. The van der Waals surface area contributed by atoms with Crippen molar-refractivity contribution in [3.8, 4) is 5.88 Å². The third-order valence-corrected chi connectivity index (χ3v) is 4.06. The van der Waals surface area contributed by atoms with Crippen LogP contribution in [-0.4, -0.2) is 40.0 Å². The Morgan fingerprint density at radius 3 is 2.88 bits per heavy atom. The molecule has 0 spiro atoms. The van der Waals surface area contributed by atoms with Gasteiger partial charge < -0.3 is 9.64 Å². The Morgan fingerprint density at radius 2 is 2.12 bits per heavy atom. The third-order valence-electron chi connectivity index (χ3n) is 3.81. The molecule has 0 radical (unpaired) electrons. The molecule has 0 saturated carbocycles. The lowest BCUT2D eigenvalue weighted by Gasteiger charge is -2.31. The highest BCUT2D eigenvalue weighted by Crippen LogP contribution is 2.17. The lowest BCUT2D eigenvalue weighted by molar-refractivity contribution is -0.128. The number of piperidine rings is 1. The molecule has 1 aromatic carbocycles. The van der Waals surface area contributed by atoms with E-state index in [2.05, 4.69) is 9.97 Å². The van der Waals surface area contributed by atoms with Gasteiger partial charge in [0.1, 0.15) is 6.10 Å². The fourth-order valence-corrected chi connectivity index (χ4v) is 2.72. The van der Waals surface area contributed by atoms with Gasteiger partial charge in [-0.05, 0) is 36.6 Å². The van der Waals surface area contributed by atoms with Crippen LogP contribution in [0.25, 0.3) is 6.08 Å². The molecule has 5 nitrogen and oxygen atoms in total. The topological polar surface area (TPSA) is 55.3 Å². The number of aromatic nitrogens is 2. The van der Waals surface area contributed by atoms with E-state index in [-0.39, 0.29) is 12.0 Å². The summed E-state index contributed by atoms with van der Waals surface area (Å²) in [6.45, 7) is 1.30. The van der Waals surface area contributed by atoms with Crippen LogP contribution in [0.3, 0.4) is 0 Å². The largest absolute Gasteiger partial charge is 0.471 e. The Hall–Kier alpha value is -2.40. The van der Waals surface area contributed by atoms with E-state index in [9.17, 15) is 4.79 Å². The summed E-state index contributed by atoms with van der Waals surface area (Å²) in [5.41, 5.74) is 0.942.